The lowest BCUT2D eigenvalue weighted by Gasteiger charge is -2.35. The Bertz CT molecular complexity index is 249. The van der Waals surface area contributed by atoms with Crippen LogP contribution in [0.3, 0.4) is 0 Å². The van der Waals surface area contributed by atoms with Gasteiger partial charge in [-0.3, -0.25) is 0 Å². The maximum Gasteiger partial charge on any atom is 0.173 e. The predicted molar refractivity (Wildman–Crippen MR) is 62.3 cm³/mol. The molecule has 0 bridgehead atoms. The van der Waals surface area contributed by atoms with E-state index in [1.807, 2.05) is 18.2 Å². The quantitative estimate of drug-likeness (QED) is 0.626. The van der Waals surface area contributed by atoms with Crippen molar-refractivity contribution in [3.8, 4) is 0 Å². The van der Waals surface area contributed by atoms with E-state index >= 15 is 0 Å². The van der Waals surface area contributed by atoms with Gasteiger partial charge in [0.05, 0.1) is 0 Å². The minimum absolute atomic E-state index is 0.696. The fourth-order valence-electron chi connectivity index (χ4n) is 0.822. The molecule has 1 nitrogen and oxygen atoms in total. The van der Waals surface area contributed by atoms with E-state index in [2.05, 4.69) is 47.8 Å². The van der Waals surface area contributed by atoms with Crippen molar-refractivity contribution in [3.05, 3.63) is 22.7 Å². The van der Waals surface area contributed by atoms with E-state index < -0.39 is 8.29 Å². The Morgan fingerprint density at radius 3 is 2.50 bits per heavy atom. The summed E-state index contributed by atoms with van der Waals surface area (Å²) in [6.07, 6.45) is 5.52. The van der Waals surface area contributed by atoms with Crippen LogP contribution in [-0.4, -0.2) is 15.4 Å². The largest absolute Gasteiger partial charge is 0.360 e. The Balaban J connectivity index is 3.04. The van der Waals surface area contributed by atoms with Gasteiger partial charge in [0.2, 0.25) is 0 Å². The number of halogens is 4. The minimum atomic E-state index is -0.762. The van der Waals surface area contributed by atoms with Gasteiger partial charge in [0, 0.05) is 11.6 Å². The van der Waals surface area contributed by atoms with Gasteiger partial charge in [-0.05, 0) is 34.2 Å². The average molecular weight is 381 g/mol. The summed E-state index contributed by atoms with van der Waals surface area (Å²) in [4.78, 5) is 0. The molecule has 5 heteroatoms. The van der Waals surface area contributed by atoms with E-state index in [0.29, 0.717) is 0 Å². The zero-order valence-electron chi connectivity index (χ0n) is 6.15. The molecule has 0 N–H and O–H groups in total. The molecule has 1 rings (SSSR count). The van der Waals surface area contributed by atoms with Gasteiger partial charge in [-0.25, -0.2) is 0 Å². The fourth-order valence-corrected chi connectivity index (χ4v) is 2.78. The van der Waals surface area contributed by atoms with Crippen molar-refractivity contribution >= 4 is 59.4 Å². The van der Waals surface area contributed by atoms with Crippen molar-refractivity contribution in [3.63, 3.8) is 0 Å². The topological polar surface area (TPSA) is 9.23 Å². The van der Waals surface area contributed by atoms with Crippen LogP contribution in [0.2, 0.25) is 0 Å². The normalized spacial score (nSPS) is 41.2. The van der Waals surface area contributed by atoms with Crippen molar-refractivity contribution in [1.82, 2.24) is 0 Å². The molecule has 2 unspecified atom stereocenters. The Morgan fingerprint density at radius 2 is 2.08 bits per heavy atom. The number of methoxy groups -OCH3 is 1. The molecule has 1 aliphatic rings. The summed E-state index contributed by atoms with van der Waals surface area (Å²) in [6.45, 7) is 0. The molecule has 0 fully saturated rings. The van der Waals surface area contributed by atoms with E-state index in [0.717, 1.165) is 4.48 Å². The van der Waals surface area contributed by atoms with Gasteiger partial charge in [-0.2, -0.15) is 0 Å². The zero-order valence-corrected chi connectivity index (χ0v) is 11.7. The third-order valence-corrected chi connectivity index (χ3v) is 5.20. The Morgan fingerprint density at radius 1 is 1.50 bits per heavy atom. The maximum atomic E-state index is 6.16. The molecule has 0 aromatic rings. The number of rotatable bonds is 1. The Hall–Kier alpha value is 1.17. The van der Waals surface area contributed by atoms with Crippen molar-refractivity contribution in [2.75, 3.05) is 7.11 Å². The molecular formula is C7H6Br3ClO. The first-order valence-corrected chi connectivity index (χ1v) is 5.86. The van der Waals surface area contributed by atoms with Crippen LogP contribution in [0.15, 0.2) is 22.7 Å². The zero-order chi connectivity index (χ0) is 9.41. The summed E-state index contributed by atoms with van der Waals surface area (Å²) >= 11 is 16.2. The monoisotopic (exact) mass is 378 g/mol. The Labute approximate surface area is 102 Å². The molecule has 2 atom stereocenters. The molecule has 0 saturated heterocycles. The van der Waals surface area contributed by atoms with Crippen LogP contribution < -0.4 is 0 Å². The molecule has 0 radical (unpaired) electrons. The second-order valence-electron chi connectivity index (χ2n) is 2.33. The summed E-state index contributed by atoms with van der Waals surface area (Å²) in [5, 5.41) is 0. The highest BCUT2D eigenvalue weighted by molar-refractivity contribution is 9.13. The van der Waals surface area contributed by atoms with Crippen LogP contribution in [0.1, 0.15) is 0 Å². The minimum Gasteiger partial charge on any atom is -0.360 e. The molecule has 0 aromatic heterocycles. The van der Waals surface area contributed by atoms with E-state index in [1.165, 1.54) is 0 Å². The third kappa shape index (κ3) is 1.98. The summed E-state index contributed by atoms with van der Waals surface area (Å²) in [5.74, 6) is 0. The van der Waals surface area contributed by atoms with Crippen LogP contribution in [-0.2, 0) is 4.74 Å². The van der Waals surface area contributed by atoms with Crippen molar-refractivity contribution in [2.24, 2.45) is 0 Å². The van der Waals surface area contributed by atoms with Crippen LogP contribution in [0, 0.1) is 0 Å². The van der Waals surface area contributed by atoms with Crippen LogP contribution in [0.4, 0.5) is 0 Å². The van der Waals surface area contributed by atoms with Gasteiger partial charge in [-0.15, -0.1) is 0 Å². The second-order valence-corrected chi connectivity index (χ2v) is 6.73. The first-order valence-electron chi connectivity index (χ1n) is 3.11. The second kappa shape index (κ2) is 3.73. The van der Waals surface area contributed by atoms with Crippen LogP contribution in [0.5, 0.6) is 0 Å². The predicted octanol–water partition coefficient (Wildman–Crippen LogP) is 3.90. The standard InChI is InChI=1S/C7H6Br3ClO/c1-12-7(10)3-2-5(8)4-6(7,9)11/h2-4H,1H3. The summed E-state index contributed by atoms with van der Waals surface area (Å²) in [6, 6.07) is 0. The number of allylic oxidation sites excluding steroid dienone is 2. The molecule has 12 heavy (non-hydrogen) atoms. The molecule has 0 amide bonds. The molecule has 0 spiro atoms. The van der Waals surface area contributed by atoms with Gasteiger partial charge in [0.15, 0.2) is 8.29 Å². The van der Waals surface area contributed by atoms with E-state index in [4.69, 9.17) is 16.3 Å². The lowest BCUT2D eigenvalue weighted by atomic mass is 10.1. The number of hydrogen-bond acceptors (Lipinski definition) is 1. The van der Waals surface area contributed by atoms with Crippen LogP contribution >= 0.6 is 59.4 Å². The number of alkyl halides is 3. The van der Waals surface area contributed by atoms with E-state index in [9.17, 15) is 0 Å². The van der Waals surface area contributed by atoms with Crippen molar-refractivity contribution in [2.45, 2.75) is 8.29 Å². The fraction of sp³-hybridized carbons (Fsp3) is 0.429. The number of ether oxygens (including phenoxy) is 1. The molecule has 0 aliphatic heterocycles. The third-order valence-electron chi connectivity index (χ3n) is 1.53. The summed E-state index contributed by atoms with van der Waals surface area (Å²) < 4.78 is 4.69. The SMILES string of the molecule is COC1(Br)C=CC(Br)=CC1(Cl)Br. The summed E-state index contributed by atoms with van der Waals surface area (Å²) in [7, 11) is 1.59. The van der Waals surface area contributed by atoms with E-state index in [1.54, 1.807) is 7.11 Å². The molecular weight excluding hydrogens is 375 g/mol. The Kier molecular flexibility index (Phi) is 3.50. The van der Waals surface area contributed by atoms with Gasteiger partial charge in [0.25, 0.3) is 0 Å². The van der Waals surface area contributed by atoms with Crippen LogP contribution in [0.25, 0.3) is 0 Å². The highest BCUT2D eigenvalue weighted by Crippen LogP contribution is 2.48. The first kappa shape index (κ1) is 11.2. The molecule has 68 valence electrons. The highest BCUT2D eigenvalue weighted by Gasteiger charge is 2.46. The average Bonchev–Trinajstić information content (AvgIpc) is 1.97. The number of hydrogen-bond donors (Lipinski definition) is 0. The van der Waals surface area contributed by atoms with Crippen molar-refractivity contribution < 1.29 is 4.74 Å². The summed E-state index contributed by atoms with van der Waals surface area (Å²) in [5.41, 5.74) is 0. The lowest BCUT2D eigenvalue weighted by Crippen LogP contribution is -2.40. The lowest BCUT2D eigenvalue weighted by molar-refractivity contribution is 0.116. The van der Waals surface area contributed by atoms with Gasteiger partial charge < -0.3 is 4.74 Å². The molecule has 0 heterocycles. The molecule has 0 aromatic carbocycles. The molecule has 0 saturated carbocycles. The van der Waals surface area contributed by atoms with Crippen molar-refractivity contribution in [1.29, 1.82) is 0 Å². The van der Waals surface area contributed by atoms with E-state index in [-0.39, 0.29) is 0 Å². The first-order chi connectivity index (χ1) is 5.41. The maximum absolute atomic E-state index is 6.16. The highest BCUT2D eigenvalue weighted by atomic mass is 79.9. The van der Waals surface area contributed by atoms with Gasteiger partial charge in [-0.1, -0.05) is 43.5 Å². The van der Waals surface area contributed by atoms with Gasteiger partial charge >= 0.3 is 0 Å². The molecule has 1 aliphatic carbocycles. The smallest absolute Gasteiger partial charge is 0.173 e. The van der Waals surface area contributed by atoms with Gasteiger partial charge in [0.1, 0.15) is 0 Å².